The summed E-state index contributed by atoms with van der Waals surface area (Å²) in [6.45, 7) is 9.86. The van der Waals surface area contributed by atoms with Crippen molar-refractivity contribution in [2.45, 2.75) is 34.6 Å². The maximum absolute atomic E-state index is 12.4. The van der Waals surface area contributed by atoms with Gasteiger partial charge in [-0.2, -0.15) is 0 Å². The molecule has 6 nitrogen and oxygen atoms in total. The topological polar surface area (TPSA) is 72.7 Å². The van der Waals surface area contributed by atoms with E-state index >= 15 is 0 Å². The molecule has 0 saturated heterocycles. The van der Waals surface area contributed by atoms with Crippen LogP contribution in [0.4, 0.5) is 5.69 Å². The van der Waals surface area contributed by atoms with Crippen LogP contribution in [-0.4, -0.2) is 25.4 Å². The molecule has 2 aromatic heterocycles. The summed E-state index contributed by atoms with van der Waals surface area (Å²) in [5.41, 5.74) is 5.37. The van der Waals surface area contributed by atoms with Crippen LogP contribution in [0.1, 0.15) is 38.7 Å². The summed E-state index contributed by atoms with van der Waals surface area (Å²) in [6.07, 6.45) is 3.21. The first-order valence-electron chi connectivity index (χ1n) is 8.10. The Labute approximate surface area is 147 Å². The minimum absolute atomic E-state index is 0.176. The molecule has 1 aromatic carbocycles. The summed E-state index contributed by atoms with van der Waals surface area (Å²) >= 11 is 0. The van der Waals surface area contributed by atoms with Gasteiger partial charge in [-0.05, 0) is 57.9 Å². The minimum Gasteiger partial charge on any atom is -0.319 e. The lowest BCUT2D eigenvalue weighted by atomic mass is 10.1. The van der Waals surface area contributed by atoms with Crippen LogP contribution in [0.3, 0.4) is 0 Å². The molecule has 0 aliphatic rings. The van der Waals surface area contributed by atoms with Crippen molar-refractivity contribution in [1.82, 2.24) is 19.5 Å². The Morgan fingerprint density at radius 3 is 2.24 bits per heavy atom. The molecule has 0 radical (unpaired) electrons. The van der Waals surface area contributed by atoms with Crippen LogP contribution in [0, 0.1) is 34.6 Å². The number of nitrogens with zero attached hydrogens (tertiary/aromatic N) is 4. The van der Waals surface area contributed by atoms with Crippen molar-refractivity contribution in [2.75, 3.05) is 5.32 Å². The smallest absolute Gasteiger partial charge is 0.255 e. The maximum Gasteiger partial charge on any atom is 0.255 e. The van der Waals surface area contributed by atoms with Crippen LogP contribution in [0.15, 0.2) is 30.6 Å². The fourth-order valence-corrected chi connectivity index (χ4v) is 2.66. The highest BCUT2D eigenvalue weighted by Crippen LogP contribution is 2.16. The number of anilines is 1. The molecule has 25 heavy (non-hydrogen) atoms. The second-order valence-electron chi connectivity index (χ2n) is 6.19. The van der Waals surface area contributed by atoms with Crippen molar-refractivity contribution in [3.05, 3.63) is 64.5 Å². The molecule has 0 spiro atoms. The van der Waals surface area contributed by atoms with E-state index in [1.807, 2.05) is 57.4 Å². The molecule has 128 valence electrons. The van der Waals surface area contributed by atoms with Gasteiger partial charge in [0.1, 0.15) is 5.82 Å². The zero-order chi connectivity index (χ0) is 18.1. The van der Waals surface area contributed by atoms with Gasteiger partial charge in [-0.1, -0.05) is 6.07 Å². The van der Waals surface area contributed by atoms with E-state index in [0.29, 0.717) is 17.2 Å². The van der Waals surface area contributed by atoms with Gasteiger partial charge in [0.2, 0.25) is 5.95 Å². The normalized spacial score (nSPS) is 10.8. The Morgan fingerprint density at radius 2 is 1.68 bits per heavy atom. The summed E-state index contributed by atoms with van der Waals surface area (Å²) in [5, 5.41) is 2.83. The number of nitrogens with one attached hydrogen (secondary N) is 1. The molecule has 0 bridgehead atoms. The van der Waals surface area contributed by atoms with E-state index < -0.39 is 0 Å². The van der Waals surface area contributed by atoms with Gasteiger partial charge in [-0.25, -0.2) is 15.0 Å². The Bertz CT molecular complexity index is 941. The number of rotatable bonds is 3. The average Bonchev–Trinajstić information content (AvgIpc) is 2.83. The standard InChI is InChI=1S/C19H21N5O/c1-11-6-7-16(8-12(11)2)18(25)23-17-9-20-19(21-10-17)24-14(4)13(3)22-15(24)5/h6-10H,1-5H3,(H,23,25). The van der Waals surface area contributed by atoms with Gasteiger partial charge in [0.15, 0.2) is 0 Å². The van der Waals surface area contributed by atoms with Gasteiger partial charge in [0.25, 0.3) is 5.91 Å². The number of carbonyl (C=O) groups is 1. The molecule has 3 rings (SSSR count). The zero-order valence-electron chi connectivity index (χ0n) is 15.1. The van der Waals surface area contributed by atoms with Crippen LogP contribution < -0.4 is 5.32 Å². The highest BCUT2D eigenvalue weighted by Gasteiger charge is 2.12. The van der Waals surface area contributed by atoms with E-state index in [2.05, 4.69) is 20.3 Å². The highest BCUT2D eigenvalue weighted by atomic mass is 16.1. The van der Waals surface area contributed by atoms with Crippen molar-refractivity contribution in [3.8, 4) is 5.95 Å². The lowest BCUT2D eigenvalue weighted by Gasteiger charge is -2.09. The molecule has 1 amide bonds. The summed E-state index contributed by atoms with van der Waals surface area (Å²) < 4.78 is 1.89. The minimum atomic E-state index is -0.176. The molecule has 3 aromatic rings. The molecular formula is C19H21N5O. The average molecular weight is 335 g/mol. The van der Waals surface area contributed by atoms with Gasteiger partial charge >= 0.3 is 0 Å². The third-order valence-corrected chi connectivity index (χ3v) is 4.38. The number of amides is 1. The predicted molar refractivity (Wildman–Crippen MR) is 97.2 cm³/mol. The van der Waals surface area contributed by atoms with E-state index in [4.69, 9.17) is 0 Å². The zero-order valence-corrected chi connectivity index (χ0v) is 15.1. The first-order chi connectivity index (χ1) is 11.9. The molecule has 0 unspecified atom stereocenters. The summed E-state index contributed by atoms with van der Waals surface area (Å²) in [6, 6.07) is 5.63. The quantitative estimate of drug-likeness (QED) is 0.795. The fraction of sp³-hybridized carbons (Fsp3) is 0.263. The van der Waals surface area contributed by atoms with Crippen LogP contribution in [0.2, 0.25) is 0 Å². The first-order valence-corrected chi connectivity index (χ1v) is 8.10. The molecule has 6 heteroatoms. The second kappa shape index (κ2) is 6.47. The summed E-state index contributed by atoms with van der Waals surface area (Å²) in [4.78, 5) is 25.5. The third-order valence-electron chi connectivity index (χ3n) is 4.38. The van der Waals surface area contributed by atoms with Crippen LogP contribution >= 0.6 is 0 Å². The van der Waals surface area contributed by atoms with E-state index in [-0.39, 0.29) is 5.91 Å². The number of imidazole rings is 1. The molecule has 0 atom stereocenters. The monoisotopic (exact) mass is 335 g/mol. The maximum atomic E-state index is 12.4. The van der Waals surface area contributed by atoms with Gasteiger partial charge < -0.3 is 5.32 Å². The van der Waals surface area contributed by atoms with Crippen LogP contribution in [-0.2, 0) is 0 Å². The highest BCUT2D eigenvalue weighted by molar-refractivity contribution is 6.04. The van der Waals surface area contributed by atoms with E-state index in [9.17, 15) is 4.79 Å². The Hall–Kier alpha value is -3.02. The molecule has 0 aliphatic carbocycles. The Kier molecular flexibility index (Phi) is 4.35. The van der Waals surface area contributed by atoms with Crippen molar-refractivity contribution in [2.24, 2.45) is 0 Å². The molecule has 2 heterocycles. The number of aryl methyl sites for hydroxylation is 4. The lowest BCUT2D eigenvalue weighted by molar-refractivity contribution is 0.102. The van der Waals surface area contributed by atoms with E-state index in [1.54, 1.807) is 12.4 Å². The van der Waals surface area contributed by atoms with Crippen LogP contribution in [0.25, 0.3) is 5.95 Å². The van der Waals surface area contributed by atoms with Crippen molar-refractivity contribution in [3.63, 3.8) is 0 Å². The second-order valence-corrected chi connectivity index (χ2v) is 6.19. The molecule has 0 saturated carbocycles. The molecule has 0 fully saturated rings. The third kappa shape index (κ3) is 3.28. The van der Waals surface area contributed by atoms with Crippen molar-refractivity contribution < 1.29 is 4.79 Å². The number of carbonyl (C=O) groups excluding carboxylic acids is 1. The molecule has 0 aliphatic heterocycles. The Morgan fingerprint density at radius 1 is 1.00 bits per heavy atom. The largest absolute Gasteiger partial charge is 0.319 e. The van der Waals surface area contributed by atoms with Crippen LogP contribution in [0.5, 0.6) is 0 Å². The van der Waals surface area contributed by atoms with Gasteiger partial charge in [-0.15, -0.1) is 0 Å². The van der Waals surface area contributed by atoms with Crippen molar-refractivity contribution in [1.29, 1.82) is 0 Å². The number of hydrogen-bond donors (Lipinski definition) is 1. The van der Waals surface area contributed by atoms with Gasteiger partial charge in [0, 0.05) is 11.3 Å². The van der Waals surface area contributed by atoms with E-state index in [1.165, 1.54) is 0 Å². The summed E-state index contributed by atoms with van der Waals surface area (Å²) in [5.74, 6) is 1.20. The first kappa shape index (κ1) is 16.8. The predicted octanol–water partition coefficient (Wildman–Crippen LogP) is 3.46. The Balaban J connectivity index is 1.81. The summed E-state index contributed by atoms with van der Waals surface area (Å²) in [7, 11) is 0. The fourth-order valence-electron chi connectivity index (χ4n) is 2.66. The SMILES string of the molecule is Cc1ccc(C(=O)Nc2cnc(-n3c(C)nc(C)c3C)nc2)cc1C. The van der Waals surface area contributed by atoms with Gasteiger partial charge in [-0.3, -0.25) is 9.36 Å². The molecular weight excluding hydrogens is 314 g/mol. The van der Waals surface area contributed by atoms with E-state index in [0.717, 1.165) is 28.3 Å². The van der Waals surface area contributed by atoms with Gasteiger partial charge in [0.05, 0.1) is 23.8 Å². The number of benzene rings is 1. The van der Waals surface area contributed by atoms with Crippen molar-refractivity contribution >= 4 is 11.6 Å². The lowest BCUT2D eigenvalue weighted by Crippen LogP contribution is -2.13. The molecule has 1 N–H and O–H groups in total. The number of hydrogen-bond acceptors (Lipinski definition) is 4. The number of aromatic nitrogens is 4.